The van der Waals surface area contributed by atoms with Gasteiger partial charge in [0, 0.05) is 0 Å². The number of carboxylic acid groups (broad SMARTS) is 1. The van der Waals surface area contributed by atoms with Crippen LogP contribution < -0.4 is 0 Å². The van der Waals surface area contributed by atoms with E-state index in [1.165, 1.54) is 0 Å². The molecule has 0 aromatic carbocycles. The van der Waals surface area contributed by atoms with E-state index in [9.17, 15) is 18.0 Å². The molecule has 1 N–H and O–H groups in total. The monoisotopic (exact) mass is 209 g/mol. The zero-order valence-electron chi connectivity index (χ0n) is 6.82. The lowest BCUT2D eigenvalue weighted by atomic mass is 10.4. The van der Waals surface area contributed by atoms with E-state index in [2.05, 4.69) is 10.1 Å². The molecule has 14 heavy (non-hydrogen) atoms. The lowest BCUT2D eigenvalue weighted by Gasteiger charge is -2.04. The predicted molar refractivity (Wildman–Crippen MR) is 37.4 cm³/mol. The first-order valence-corrected chi connectivity index (χ1v) is 3.54. The van der Waals surface area contributed by atoms with Gasteiger partial charge in [0.25, 0.3) is 0 Å². The fraction of sp³-hybridized carbons (Fsp3) is 0.500. The number of rotatable bonds is 3. The van der Waals surface area contributed by atoms with Crippen molar-refractivity contribution in [1.29, 1.82) is 0 Å². The molecule has 0 saturated carbocycles. The largest absolute Gasteiger partial charge is 0.481 e. The molecule has 0 amide bonds. The van der Waals surface area contributed by atoms with Crippen molar-refractivity contribution >= 4 is 5.97 Å². The molecule has 0 unspecified atom stereocenters. The minimum atomic E-state index is -4.38. The maximum absolute atomic E-state index is 11.8. The lowest BCUT2D eigenvalue weighted by Crippen LogP contribution is -2.18. The van der Waals surface area contributed by atoms with Crippen molar-refractivity contribution in [2.45, 2.75) is 19.1 Å². The summed E-state index contributed by atoms with van der Waals surface area (Å²) in [5, 5.41) is 11.6. The minimum absolute atomic E-state index is 0.137. The molecule has 5 nitrogen and oxygen atoms in total. The maximum atomic E-state index is 11.8. The second kappa shape index (κ2) is 3.64. The van der Waals surface area contributed by atoms with Gasteiger partial charge in [-0.15, -0.1) is 0 Å². The van der Waals surface area contributed by atoms with Crippen LogP contribution in [0.1, 0.15) is 5.82 Å². The standard InChI is InChI=1S/C6H6F3N3O2/c7-6(8,9)2-12-3-10-4(11-12)1-5(13)14/h3H,1-2H2,(H,13,14). The van der Waals surface area contributed by atoms with Crippen LogP contribution >= 0.6 is 0 Å². The van der Waals surface area contributed by atoms with E-state index in [0.29, 0.717) is 4.68 Å². The van der Waals surface area contributed by atoms with E-state index in [0.717, 1.165) is 6.33 Å². The molecule has 1 aromatic rings. The molecular weight excluding hydrogens is 203 g/mol. The third kappa shape index (κ3) is 3.42. The van der Waals surface area contributed by atoms with Crippen molar-refractivity contribution in [3.8, 4) is 0 Å². The van der Waals surface area contributed by atoms with Crippen LogP contribution in [0.2, 0.25) is 0 Å². The van der Waals surface area contributed by atoms with Crippen LogP contribution in [-0.4, -0.2) is 32.0 Å². The number of carboxylic acids is 1. The second-order valence-electron chi connectivity index (χ2n) is 2.54. The van der Waals surface area contributed by atoms with E-state index in [1.54, 1.807) is 0 Å². The van der Waals surface area contributed by atoms with Crippen molar-refractivity contribution in [2.75, 3.05) is 0 Å². The number of hydrogen-bond donors (Lipinski definition) is 1. The molecule has 78 valence electrons. The summed E-state index contributed by atoms with van der Waals surface area (Å²) in [6.07, 6.45) is -4.01. The predicted octanol–water partition coefficient (Wildman–Crippen LogP) is 0.467. The van der Waals surface area contributed by atoms with Gasteiger partial charge in [-0.05, 0) is 0 Å². The molecule has 1 rings (SSSR count). The molecule has 0 aliphatic carbocycles. The molecule has 0 fully saturated rings. The molecule has 0 aliphatic rings. The molecule has 0 radical (unpaired) electrons. The molecular formula is C6H6F3N3O2. The van der Waals surface area contributed by atoms with E-state index < -0.39 is 25.1 Å². The van der Waals surface area contributed by atoms with Crippen molar-refractivity contribution in [3.05, 3.63) is 12.2 Å². The van der Waals surface area contributed by atoms with Crippen LogP contribution in [0.4, 0.5) is 13.2 Å². The van der Waals surface area contributed by atoms with Crippen LogP contribution in [0, 0.1) is 0 Å². The van der Waals surface area contributed by atoms with Crippen molar-refractivity contribution in [3.63, 3.8) is 0 Å². The summed E-state index contributed by atoms with van der Waals surface area (Å²) < 4.78 is 36.0. The normalized spacial score (nSPS) is 11.6. The Morgan fingerprint density at radius 1 is 1.57 bits per heavy atom. The zero-order valence-corrected chi connectivity index (χ0v) is 6.82. The summed E-state index contributed by atoms with van der Waals surface area (Å²) in [7, 11) is 0. The van der Waals surface area contributed by atoms with Gasteiger partial charge in [-0.2, -0.15) is 18.3 Å². The fourth-order valence-corrected chi connectivity index (χ4v) is 0.809. The van der Waals surface area contributed by atoms with Gasteiger partial charge in [-0.25, -0.2) is 9.67 Å². The SMILES string of the molecule is O=C(O)Cc1ncn(CC(F)(F)F)n1. The Balaban J connectivity index is 2.64. The third-order valence-electron chi connectivity index (χ3n) is 1.23. The zero-order chi connectivity index (χ0) is 10.8. The van der Waals surface area contributed by atoms with E-state index in [-0.39, 0.29) is 5.82 Å². The van der Waals surface area contributed by atoms with Crippen molar-refractivity contribution in [1.82, 2.24) is 14.8 Å². The molecule has 1 aromatic heterocycles. The molecule has 0 spiro atoms. The van der Waals surface area contributed by atoms with Crippen LogP contribution in [0.25, 0.3) is 0 Å². The van der Waals surface area contributed by atoms with E-state index >= 15 is 0 Å². The highest BCUT2D eigenvalue weighted by Crippen LogP contribution is 2.16. The Kier molecular flexibility index (Phi) is 2.73. The lowest BCUT2D eigenvalue weighted by molar-refractivity contribution is -0.142. The second-order valence-corrected chi connectivity index (χ2v) is 2.54. The van der Waals surface area contributed by atoms with Gasteiger partial charge >= 0.3 is 12.1 Å². The summed E-state index contributed by atoms with van der Waals surface area (Å²) in [5.41, 5.74) is 0. The topological polar surface area (TPSA) is 68.0 Å². The van der Waals surface area contributed by atoms with Crippen molar-refractivity contribution < 1.29 is 23.1 Å². The number of carbonyl (C=O) groups is 1. The average Bonchev–Trinajstić information content (AvgIpc) is 2.30. The van der Waals surface area contributed by atoms with Gasteiger partial charge in [-0.1, -0.05) is 0 Å². The third-order valence-corrected chi connectivity index (χ3v) is 1.23. The van der Waals surface area contributed by atoms with Gasteiger partial charge < -0.3 is 5.11 Å². The first-order valence-electron chi connectivity index (χ1n) is 3.54. The van der Waals surface area contributed by atoms with Gasteiger partial charge in [0.05, 0.1) is 0 Å². The number of halogens is 3. The molecule has 0 bridgehead atoms. The van der Waals surface area contributed by atoms with Gasteiger partial charge in [0.1, 0.15) is 19.3 Å². The van der Waals surface area contributed by atoms with E-state index in [1.807, 2.05) is 0 Å². The van der Waals surface area contributed by atoms with Gasteiger partial charge in [0.15, 0.2) is 5.82 Å². The summed E-state index contributed by atoms with van der Waals surface area (Å²) in [5.74, 6) is -1.32. The number of alkyl halides is 3. The highest BCUT2D eigenvalue weighted by atomic mass is 19.4. The highest BCUT2D eigenvalue weighted by Gasteiger charge is 2.28. The quantitative estimate of drug-likeness (QED) is 0.785. The summed E-state index contributed by atoms with van der Waals surface area (Å²) in [6, 6.07) is 0. The molecule has 1 heterocycles. The smallest absolute Gasteiger partial charge is 0.408 e. The number of hydrogen-bond acceptors (Lipinski definition) is 3. The van der Waals surface area contributed by atoms with Crippen molar-refractivity contribution in [2.24, 2.45) is 0 Å². The number of nitrogens with zero attached hydrogens (tertiary/aromatic N) is 3. The molecule has 0 aliphatic heterocycles. The number of aliphatic carboxylic acids is 1. The summed E-state index contributed by atoms with van der Waals surface area (Å²) in [4.78, 5) is 13.6. The maximum Gasteiger partial charge on any atom is 0.408 e. The first kappa shape index (κ1) is 10.5. The Bertz CT molecular complexity index is 333. The van der Waals surface area contributed by atoms with Crippen LogP contribution in [0.3, 0.4) is 0 Å². The summed E-state index contributed by atoms with van der Waals surface area (Å²) >= 11 is 0. The molecule has 0 atom stereocenters. The molecule has 8 heteroatoms. The van der Waals surface area contributed by atoms with Gasteiger partial charge in [-0.3, -0.25) is 4.79 Å². The Labute approximate surface area is 76.2 Å². The van der Waals surface area contributed by atoms with Gasteiger partial charge in [0.2, 0.25) is 0 Å². The van der Waals surface area contributed by atoms with Crippen LogP contribution in [-0.2, 0) is 17.8 Å². The molecule has 0 saturated heterocycles. The van der Waals surface area contributed by atoms with Crippen LogP contribution in [0.15, 0.2) is 6.33 Å². The fourth-order valence-electron chi connectivity index (χ4n) is 0.809. The average molecular weight is 209 g/mol. The Morgan fingerprint density at radius 2 is 2.21 bits per heavy atom. The number of aromatic nitrogens is 3. The van der Waals surface area contributed by atoms with Crippen LogP contribution in [0.5, 0.6) is 0 Å². The Morgan fingerprint density at radius 3 is 2.71 bits per heavy atom. The first-order chi connectivity index (χ1) is 6.37. The van der Waals surface area contributed by atoms with E-state index in [4.69, 9.17) is 5.11 Å². The summed E-state index contributed by atoms with van der Waals surface area (Å²) in [6.45, 7) is -1.26. The Hall–Kier alpha value is -1.60. The minimum Gasteiger partial charge on any atom is -0.481 e. The highest BCUT2D eigenvalue weighted by molar-refractivity contribution is 5.68.